The van der Waals surface area contributed by atoms with E-state index in [2.05, 4.69) is 5.32 Å². The molecular formula is C15H17NO6S. The predicted octanol–water partition coefficient (Wildman–Crippen LogP) is 2.13. The summed E-state index contributed by atoms with van der Waals surface area (Å²) in [5, 5.41) is 19.9. The first-order valence-corrected chi connectivity index (χ1v) is 7.91. The number of benzene rings is 2. The van der Waals surface area contributed by atoms with Crippen molar-refractivity contribution < 1.29 is 28.0 Å². The van der Waals surface area contributed by atoms with Crippen molar-refractivity contribution in [2.45, 2.75) is 11.8 Å². The molecule has 0 bridgehead atoms. The highest BCUT2D eigenvalue weighted by Crippen LogP contribution is 2.13. The zero-order valence-electron chi connectivity index (χ0n) is 12.3. The summed E-state index contributed by atoms with van der Waals surface area (Å²) >= 11 is 0. The summed E-state index contributed by atoms with van der Waals surface area (Å²) in [5.41, 5.74) is 1.63. The number of rotatable bonds is 4. The zero-order chi connectivity index (χ0) is 17.5. The van der Waals surface area contributed by atoms with Gasteiger partial charge < -0.3 is 15.5 Å². The number of carboxylic acid groups (broad SMARTS) is 1. The summed E-state index contributed by atoms with van der Waals surface area (Å²) in [6.45, 7) is 1.72. The number of anilines is 1. The van der Waals surface area contributed by atoms with Crippen LogP contribution in [-0.4, -0.2) is 35.7 Å². The molecule has 0 saturated carbocycles. The van der Waals surface area contributed by atoms with Crippen LogP contribution in [0.1, 0.15) is 5.56 Å². The lowest BCUT2D eigenvalue weighted by Gasteiger charge is -2.01. The monoisotopic (exact) mass is 339 g/mol. The van der Waals surface area contributed by atoms with Gasteiger partial charge in [-0.15, -0.1) is 0 Å². The topological polar surface area (TPSA) is 124 Å². The third kappa shape index (κ3) is 7.30. The van der Waals surface area contributed by atoms with Gasteiger partial charge in [-0.2, -0.15) is 8.42 Å². The van der Waals surface area contributed by atoms with Gasteiger partial charge in [-0.05, 0) is 43.3 Å². The number of carboxylic acids is 1. The van der Waals surface area contributed by atoms with Crippen LogP contribution in [0.25, 0.3) is 0 Å². The Morgan fingerprint density at radius 1 is 1.04 bits per heavy atom. The fourth-order valence-electron chi connectivity index (χ4n) is 1.47. The lowest BCUT2D eigenvalue weighted by molar-refractivity contribution is -0.134. The Hall–Kier alpha value is -2.58. The molecule has 2 rings (SSSR count). The van der Waals surface area contributed by atoms with Gasteiger partial charge >= 0.3 is 5.97 Å². The van der Waals surface area contributed by atoms with Crippen LogP contribution in [0.5, 0.6) is 5.75 Å². The number of aryl methyl sites for hydroxylation is 1. The number of hydrogen-bond donors (Lipinski definition) is 4. The van der Waals surface area contributed by atoms with Gasteiger partial charge in [0.15, 0.2) is 0 Å². The van der Waals surface area contributed by atoms with Crippen LogP contribution < -0.4 is 5.32 Å². The molecule has 2 aromatic rings. The lowest BCUT2D eigenvalue weighted by Crippen LogP contribution is -2.11. The van der Waals surface area contributed by atoms with Crippen LogP contribution in [0.3, 0.4) is 0 Å². The fourth-order valence-corrected chi connectivity index (χ4v) is 1.95. The number of phenols is 1. The van der Waals surface area contributed by atoms with E-state index < -0.39 is 16.1 Å². The average molecular weight is 339 g/mol. The summed E-state index contributed by atoms with van der Waals surface area (Å²) in [6.07, 6.45) is 0. The molecule has 0 aliphatic rings. The number of aromatic hydroxyl groups is 1. The first-order valence-electron chi connectivity index (χ1n) is 6.47. The summed E-state index contributed by atoms with van der Waals surface area (Å²) in [4.78, 5) is 10.1. The third-order valence-corrected chi connectivity index (χ3v) is 3.50. The SMILES string of the molecule is Cc1ccc(S(=O)(=O)O)cc1.O=C(O)CNc1ccc(O)cc1. The number of carbonyl (C=O) groups is 1. The smallest absolute Gasteiger partial charge is 0.322 e. The van der Waals surface area contributed by atoms with E-state index >= 15 is 0 Å². The highest BCUT2D eigenvalue weighted by molar-refractivity contribution is 7.85. The second-order valence-electron chi connectivity index (χ2n) is 4.58. The second-order valence-corrected chi connectivity index (χ2v) is 6.00. The van der Waals surface area contributed by atoms with Crippen molar-refractivity contribution in [3.63, 3.8) is 0 Å². The van der Waals surface area contributed by atoms with Gasteiger partial charge in [-0.1, -0.05) is 17.7 Å². The first-order chi connectivity index (χ1) is 10.7. The van der Waals surface area contributed by atoms with Gasteiger partial charge in [-0.25, -0.2) is 0 Å². The molecule has 0 heterocycles. The molecule has 0 atom stereocenters. The Balaban J connectivity index is 0.000000231. The van der Waals surface area contributed by atoms with E-state index in [1.54, 1.807) is 24.3 Å². The van der Waals surface area contributed by atoms with Gasteiger partial charge in [0.1, 0.15) is 12.3 Å². The van der Waals surface area contributed by atoms with Crippen molar-refractivity contribution in [1.29, 1.82) is 0 Å². The van der Waals surface area contributed by atoms with E-state index in [9.17, 15) is 13.2 Å². The van der Waals surface area contributed by atoms with Crippen LogP contribution in [0.2, 0.25) is 0 Å². The molecule has 7 nitrogen and oxygen atoms in total. The van der Waals surface area contributed by atoms with E-state index in [0.29, 0.717) is 5.69 Å². The summed E-state index contributed by atoms with van der Waals surface area (Å²) in [7, 11) is -4.02. The number of hydrogen-bond acceptors (Lipinski definition) is 5. The second kappa shape index (κ2) is 8.16. The molecule has 0 spiro atoms. The Bertz CT molecular complexity index is 739. The van der Waals surface area contributed by atoms with Crippen molar-refractivity contribution in [2.75, 3.05) is 11.9 Å². The summed E-state index contributed by atoms with van der Waals surface area (Å²) < 4.78 is 29.6. The molecule has 23 heavy (non-hydrogen) atoms. The maximum absolute atomic E-state index is 10.5. The molecule has 0 saturated heterocycles. The third-order valence-electron chi connectivity index (χ3n) is 2.63. The highest BCUT2D eigenvalue weighted by atomic mass is 32.2. The lowest BCUT2D eigenvalue weighted by atomic mass is 10.2. The molecule has 0 amide bonds. The Morgan fingerprint density at radius 3 is 2.00 bits per heavy atom. The van der Waals surface area contributed by atoms with Crippen molar-refractivity contribution in [1.82, 2.24) is 0 Å². The van der Waals surface area contributed by atoms with Gasteiger partial charge in [0.25, 0.3) is 10.1 Å². The minimum atomic E-state index is -4.02. The van der Waals surface area contributed by atoms with Gasteiger partial charge in [0.2, 0.25) is 0 Å². The van der Waals surface area contributed by atoms with Crippen LogP contribution in [0, 0.1) is 6.92 Å². The van der Waals surface area contributed by atoms with Crippen molar-refractivity contribution in [3.05, 3.63) is 54.1 Å². The minimum absolute atomic E-state index is 0.0666. The molecule has 0 aromatic heterocycles. The van der Waals surface area contributed by atoms with Crippen molar-refractivity contribution in [3.8, 4) is 5.75 Å². The largest absolute Gasteiger partial charge is 0.508 e. The average Bonchev–Trinajstić information content (AvgIpc) is 2.47. The van der Waals surface area contributed by atoms with E-state index in [1.807, 2.05) is 6.92 Å². The van der Waals surface area contributed by atoms with Crippen molar-refractivity contribution in [2.24, 2.45) is 0 Å². The Kier molecular flexibility index (Phi) is 6.55. The fraction of sp³-hybridized carbons (Fsp3) is 0.133. The van der Waals surface area contributed by atoms with Crippen LogP contribution in [0.15, 0.2) is 53.4 Å². The van der Waals surface area contributed by atoms with E-state index in [4.69, 9.17) is 14.8 Å². The zero-order valence-corrected chi connectivity index (χ0v) is 13.1. The highest BCUT2D eigenvalue weighted by Gasteiger charge is 2.06. The van der Waals surface area contributed by atoms with Gasteiger partial charge in [0, 0.05) is 5.69 Å². The number of phenolic OH excluding ortho intramolecular Hbond substituents is 1. The van der Waals surface area contributed by atoms with E-state index in [0.717, 1.165) is 5.56 Å². The maximum atomic E-state index is 10.5. The number of aliphatic carboxylic acids is 1. The molecule has 8 heteroatoms. The van der Waals surface area contributed by atoms with Crippen molar-refractivity contribution >= 4 is 21.8 Å². The van der Waals surface area contributed by atoms with Gasteiger partial charge in [-0.3, -0.25) is 9.35 Å². The molecule has 0 aliphatic heterocycles. The normalized spacial score (nSPS) is 10.3. The first kappa shape index (κ1) is 18.5. The van der Waals surface area contributed by atoms with E-state index in [1.165, 1.54) is 24.3 Å². The summed E-state index contributed by atoms with van der Waals surface area (Å²) in [5.74, 6) is -0.751. The van der Waals surface area contributed by atoms with Crippen LogP contribution in [-0.2, 0) is 14.9 Å². The maximum Gasteiger partial charge on any atom is 0.322 e. The van der Waals surface area contributed by atoms with Crippen LogP contribution >= 0.6 is 0 Å². The quantitative estimate of drug-likeness (QED) is 0.497. The Labute approximate surface area is 134 Å². The Morgan fingerprint density at radius 2 is 1.57 bits per heavy atom. The standard InChI is InChI=1S/C8H9NO3.C7H8O3S/c10-7-3-1-6(2-4-7)9-5-8(11)12;1-6-2-4-7(5-3-6)11(8,9)10/h1-4,9-10H,5H2,(H,11,12);2-5H,1H3,(H,8,9,10). The van der Waals surface area contributed by atoms with Gasteiger partial charge in [0.05, 0.1) is 4.90 Å². The number of nitrogens with one attached hydrogen (secondary N) is 1. The molecule has 0 fully saturated rings. The molecule has 0 aliphatic carbocycles. The molecule has 0 unspecified atom stereocenters. The molecule has 4 N–H and O–H groups in total. The van der Waals surface area contributed by atoms with E-state index in [-0.39, 0.29) is 17.2 Å². The molecular weight excluding hydrogens is 322 g/mol. The minimum Gasteiger partial charge on any atom is -0.508 e. The molecule has 124 valence electrons. The molecule has 2 aromatic carbocycles. The summed E-state index contributed by atoms with van der Waals surface area (Å²) in [6, 6.07) is 12.2. The predicted molar refractivity (Wildman–Crippen MR) is 85.2 cm³/mol. The van der Waals surface area contributed by atoms with Crippen LogP contribution in [0.4, 0.5) is 5.69 Å². The molecule has 0 radical (unpaired) electrons.